The van der Waals surface area contributed by atoms with E-state index in [1.54, 1.807) is 19.4 Å². The summed E-state index contributed by atoms with van der Waals surface area (Å²) in [6.45, 7) is 0.938. The van der Waals surface area contributed by atoms with E-state index in [9.17, 15) is 9.59 Å². The van der Waals surface area contributed by atoms with Crippen LogP contribution in [-0.2, 0) is 22.4 Å². The maximum absolute atomic E-state index is 13.0. The Morgan fingerprint density at radius 3 is 2.96 bits per heavy atom. The number of hydrogen-bond donors (Lipinski definition) is 1. The molecule has 2 aromatic heterocycles. The first-order valence-electron chi connectivity index (χ1n) is 8.78. The highest BCUT2D eigenvalue weighted by Crippen LogP contribution is 2.29. The summed E-state index contributed by atoms with van der Waals surface area (Å²) in [6.07, 6.45) is 7.55. The average Bonchev–Trinajstić information content (AvgIpc) is 3.19. The molecule has 2 unspecified atom stereocenters. The Balaban J connectivity index is 1.76. The zero-order valence-electron chi connectivity index (χ0n) is 14.6. The summed E-state index contributed by atoms with van der Waals surface area (Å²) in [4.78, 5) is 32.2. The molecule has 0 radical (unpaired) electrons. The van der Waals surface area contributed by atoms with Gasteiger partial charge in [-0.05, 0) is 25.3 Å². The lowest BCUT2D eigenvalue weighted by atomic mass is 9.92. The zero-order chi connectivity index (χ0) is 18.1. The minimum atomic E-state index is -0.408. The second-order valence-corrected chi connectivity index (χ2v) is 6.62. The zero-order valence-corrected chi connectivity index (χ0v) is 14.6. The van der Waals surface area contributed by atoms with Crippen LogP contribution in [0.15, 0.2) is 26.6 Å². The highest BCUT2D eigenvalue weighted by Gasteiger charge is 2.28. The van der Waals surface area contributed by atoms with Crippen LogP contribution in [0.2, 0.25) is 0 Å². The van der Waals surface area contributed by atoms with Gasteiger partial charge in [-0.15, -0.1) is 0 Å². The molecule has 1 fully saturated rings. The highest BCUT2D eigenvalue weighted by atomic mass is 16.5. The van der Waals surface area contributed by atoms with Gasteiger partial charge in [0.05, 0.1) is 30.5 Å². The Morgan fingerprint density at radius 1 is 1.38 bits per heavy atom. The monoisotopic (exact) mass is 359 g/mol. The summed E-state index contributed by atoms with van der Waals surface area (Å²) in [6, 6.07) is 0. The van der Waals surface area contributed by atoms with Crippen molar-refractivity contribution < 1.29 is 13.9 Å². The van der Waals surface area contributed by atoms with Crippen molar-refractivity contribution in [2.45, 2.75) is 44.4 Å². The van der Waals surface area contributed by atoms with Crippen LogP contribution in [0.25, 0.3) is 11.6 Å². The Morgan fingerprint density at radius 2 is 2.27 bits per heavy atom. The molecule has 1 aliphatic carbocycles. The molecule has 2 atom stereocenters. The SMILES string of the molecule is COC1Cc2[nH]c(=O)n(CC3CCCCO3)c(=O)c2C=C1c1cnco1. The number of hydrogen-bond acceptors (Lipinski definition) is 6. The van der Waals surface area contributed by atoms with Crippen LogP contribution in [0.4, 0.5) is 0 Å². The molecule has 8 heteroatoms. The van der Waals surface area contributed by atoms with Gasteiger partial charge in [0.2, 0.25) is 0 Å². The third-order valence-corrected chi connectivity index (χ3v) is 5.00. The summed E-state index contributed by atoms with van der Waals surface area (Å²) < 4.78 is 17.8. The van der Waals surface area contributed by atoms with Gasteiger partial charge in [0.15, 0.2) is 12.2 Å². The van der Waals surface area contributed by atoms with Crippen molar-refractivity contribution >= 4 is 11.6 Å². The molecule has 0 saturated carbocycles. The van der Waals surface area contributed by atoms with Crippen LogP contribution < -0.4 is 11.2 Å². The van der Waals surface area contributed by atoms with E-state index in [-0.39, 0.29) is 24.3 Å². The van der Waals surface area contributed by atoms with Crippen molar-refractivity contribution in [3.05, 3.63) is 50.4 Å². The molecule has 1 saturated heterocycles. The standard InChI is InChI=1S/C18H21N3O5/c1-24-15-7-14-12(6-13(15)16-8-19-10-26-16)17(22)21(18(23)20-14)9-11-4-2-3-5-25-11/h6,8,10-11,15H,2-5,7,9H2,1H3,(H,20,23). The fraction of sp³-hybridized carbons (Fsp3) is 0.500. The van der Waals surface area contributed by atoms with Crippen LogP contribution in [0, 0.1) is 0 Å². The molecule has 0 spiro atoms. The molecule has 26 heavy (non-hydrogen) atoms. The predicted molar refractivity (Wildman–Crippen MR) is 93.8 cm³/mol. The van der Waals surface area contributed by atoms with E-state index in [0.29, 0.717) is 30.0 Å². The first kappa shape index (κ1) is 17.0. The molecular weight excluding hydrogens is 338 g/mol. The second kappa shape index (κ2) is 7.05. The van der Waals surface area contributed by atoms with E-state index in [0.717, 1.165) is 24.8 Å². The predicted octanol–water partition coefficient (Wildman–Crippen LogP) is 1.21. The van der Waals surface area contributed by atoms with Crippen molar-refractivity contribution in [3.8, 4) is 0 Å². The van der Waals surface area contributed by atoms with Crippen molar-refractivity contribution in [1.29, 1.82) is 0 Å². The number of H-pyrrole nitrogens is 1. The molecule has 2 aliphatic rings. The van der Waals surface area contributed by atoms with E-state index in [1.807, 2.05) is 0 Å². The van der Waals surface area contributed by atoms with Gasteiger partial charge >= 0.3 is 5.69 Å². The van der Waals surface area contributed by atoms with Gasteiger partial charge < -0.3 is 18.9 Å². The van der Waals surface area contributed by atoms with Gasteiger partial charge in [-0.1, -0.05) is 0 Å². The summed E-state index contributed by atoms with van der Waals surface area (Å²) in [5.41, 5.74) is 1.05. The minimum absolute atomic E-state index is 0.103. The van der Waals surface area contributed by atoms with Gasteiger partial charge in [-0.3, -0.25) is 9.36 Å². The molecule has 1 N–H and O–H groups in total. The first-order chi connectivity index (χ1) is 12.7. The van der Waals surface area contributed by atoms with E-state index in [1.165, 1.54) is 11.0 Å². The highest BCUT2D eigenvalue weighted by molar-refractivity contribution is 5.84. The molecular formula is C18H21N3O5. The smallest absolute Gasteiger partial charge is 0.328 e. The molecule has 0 amide bonds. The third-order valence-electron chi connectivity index (χ3n) is 5.00. The number of methoxy groups -OCH3 is 1. The third kappa shape index (κ3) is 3.06. The summed E-state index contributed by atoms with van der Waals surface area (Å²) >= 11 is 0. The maximum Gasteiger partial charge on any atom is 0.328 e. The number of aromatic amines is 1. The Hall–Kier alpha value is -2.45. The molecule has 8 nitrogen and oxygen atoms in total. The largest absolute Gasteiger partial charge is 0.444 e. The molecule has 4 rings (SSSR count). The van der Waals surface area contributed by atoms with E-state index >= 15 is 0 Å². The molecule has 2 aromatic rings. The molecule has 3 heterocycles. The van der Waals surface area contributed by atoms with E-state index in [2.05, 4.69) is 9.97 Å². The Labute approximate surface area is 149 Å². The number of fused-ring (bicyclic) bond motifs is 1. The molecule has 1 aliphatic heterocycles. The lowest BCUT2D eigenvalue weighted by Crippen LogP contribution is -2.43. The fourth-order valence-corrected chi connectivity index (χ4v) is 3.60. The van der Waals surface area contributed by atoms with Crippen molar-refractivity contribution in [2.24, 2.45) is 0 Å². The average molecular weight is 359 g/mol. The number of ether oxygens (including phenoxy) is 2. The summed E-state index contributed by atoms with van der Waals surface area (Å²) in [7, 11) is 1.58. The van der Waals surface area contributed by atoms with Gasteiger partial charge in [0.1, 0.15) is 0 Å². The lowest BCUT2D eigenvalue weighted by Gasteiger charge is -2.25. The van der Waals surface area contributed by atoms with Gasteiger partial charge in [0.25, 0.3) is 5.56 Å². The normalized spacial score (nSPS) is 22.7. The molecule has 138 valence electrons. The number of oxazole rings is 1. The summed E-state index contributed by atoms with van der Waals surface area (Å²) in [5.74, 6) is 0.551. The molecule has 0 bridgehead atoms. The van der Waals surface area contributed by atoms with Crippen LogP contribution in [0.1, 0.15) is 36.3 Å². The summed E-state index contributed by atoms with van der Waals surface area (Å²) in [5, 5.41) is 0. The fourth-order valence-electron chi connectivity index (χ4n) is 3.60. The second-order valence-electron chi connectivity index (χ2n) is 6.62. The number of nitrogens with zero attached hydrogens (tertiary/aromatic N) is 2. The Bertz CT molecular complexity index is 919. The maximum atomic E-state index is 13.0. The lowest BCUT2D eigenvalue weighted by molar-refractivity contribution is 0.00464. The van der Waals surface area contributed by atoms with Crippen LogP contribution in [0.5, 0.6) is 0 Å². The van der Waals surface area contributed by atoms with Crippen molar-refractivity contribution in [3.63, 3.8) is 0 Å². The Kier molecular flexibility index (Phi) is 4.60. The van der Waals surface area contributed by atoms with E-state index in [4.69, 9.17) is 13.9 Å². The van der Waals surface area contributed by atoms with Crippen molar-refractivity contribution in [1.82, 2.24) is 14.5 Å². The molecule has 0 aromatic carbocycles. The van der Waals surface area contributed by atoms with Gasteiger partial charge in [0, 0.05) is 31.4 Å². The van der Waals surface area contributed by atoms with Gasteiger partial charge in [-0.25, -0.2) is 9.78 Å². The topological polar surface area (TPSA) is 99.3 Å². The minimum Gasteiger partial charge on any atom is -0.444 e. The van der Waals surface area contributed by atoms with Crippen LogP contribution >= 0.6 is 0 Å². The van der Waals surface area contributed by atoms with Gasteiger partial charge in [-0.2, -0.15) is 0 Å². The van der Waals surface area contributed by atoms with Crippen LogP contribution in [-0.4, -0.2) is 40.5 Å². The number of rotatable bonds is 4. The quantitative estimate of drug-likeness (QED) is 0.881. The van der Waals surface area contributed by atoms with E-state index < -0.39 is 5.69 Å². The first-order valence-corrected chi connectivity index (χ1v) is 8.78. The number of aromatic nitrogens is 3. The van der Waals surface area contributed by atoms with Crippen molar-refractivity contribution in [2.75, 3.05) is 13.7 Å². The van der Waals surface area contributed by atoms with Crippen LogP contribution in [0.3, 0.4) is 0 Å². The number of nitrogens with one attached hydrogen (secondary N) is 1.